The summed E-state index contributed by atoms with van der Waals surface area (Å²) in [5.74, 6) is -0.220. The minimum absolute atomic E-state index is 0.0416. The molecule has 2 aromatic carbocycles. The number of nitrogens with one attached hydrogen (secondary N) is 1. The van der Waals surface area contributed by atoms with Crippen molar-refractivity contribution < 1.29 is 5.11 Å². The van der Waals surface area contributed by atoms with E-state index >= 15 is 0 Å². The third-order valence-electron chi connectivity index (χ3n) is 5.23. The summed E-state index contributed by atoms with van der Waals surface area (Å²) in [7, 11) is 0. The number of H-pyrrole nitrogens is 1. The lowest BCUT2D eigenvalue weighted by molar-refractivity contribution is 0.409. The van der Waals surface area contributed by atoms with E-state index in [1.807, 2.05) is 43.3 Å². The zero-order chi connectivity index (χ0) is 22.2. The van der Waals surface area contributed by atoms with Gasteiger partial charge in [-0.15, -0.1) is 6.58 Å². The number of hydrogen-bond donors (Lipinski definition) is 2. The zero-order valence-corrected chi connectivity index (χ0v) is 17.6. The van der Waals surface area contributed by atoms with Gasteiger partial charge < -0.3 is 5.11 Å². The van der Waals surface area contributed by atoms with Crippen molar-refractivity contribution >= 4 is 5.71 Å². The molecular weight excluding hydrogens is 390 g/mol. The molecule has 31 heavy (non-hydrogen) atoms. The Bertz CT molecular complexity index is 1120. The maximum Gasteiger partial charge on any atom is 0.331 e. The molecule has 6 nitrogen and oxygen atoms in total. The van der Waals surface area contributed by atoms with E-state index in [2.05, 4.69) is 40.8 Å². The molecule has 0 fully saturated rings. The third kappa shape index (κ3) is 5.09. The Morgan fingerprint density at radius 2 is 1.68 bits per heavy atom. The van der Waals surface area contributed by atoms with Crippen molar-refractivity contribution in [3.8, 4) is 5.88 Å². The highest BCUT2D eigenvalue weighted by atomic mass is 16.3. The van der Waals surface area contributed by atoms with Gasteiger partial charge in [0, 0.05) is 19.0 Å². The monoisotopic (exact) mass is 417 g/mol. The Morgan fingerprint density at radius 3 is 2.19 bits per heavy atom. The maximum absolute atomic E-state index is 12.4. The molecule has 0 unspecified atom stereocenters. The molecule has 0 saturated carbocycles. The van der Waals surface area contributed by atoms with Gasteiger partial charge in [-0.2, -0.15) is 0 Å². The molecular formula is C25H27N3O3. The van der Waals surface area contributed by atoms with Crippen LogP contribution in [-0.4, -0.2) is 26.9 Å². The van der Waals surface area contributed by atoms with Gasteiger partial charge >= 0.3 is 5.69 Å². The highest BCUT2D eigenvalue weighted by Gasteiger charge is 2.18. The van der Waals surface area contributed by atoms with Crippen LogP contribution in [0, 0.1) is 0 Å². The molecule has 0 radical (unpaired) electrons. The predicted octanol–water partition coefficient (Wildman–Crippen LogP) is 3.85. The predicted molar refractivity (Wildman–Crippen MR) is 124 cm³/mol. The van der Waals surface area contributed by atoms with Crippen molar-refractivity contribution in [1.82, 2.24) is 9.55 Å². The van der Waals surface area contributed by atoms with Crippen LogP contribution < -0.4 is 11.2 Å². The molecule has 1 heterocycles. The molecule has 0 amide bonds. The molecule has 160 valence electrons. The minimum Gasteiger partial charge on any atom is -0.494 e. The van der Waals surface area contributed by atoms with Crippen LogP contribution >= 0.6 is 0 Å². The summed E-state index contributed by atoms with van der Waals surface area (Å²) >= 11 is 0. The normalized spacial score (nSPS) is 11.6. The van der Waals surface area contributed by atoms with Crippen molar-refractivity contribution in [3.63, 3.8) is 0 Å². The third-order valence-corrected chi connectivity index (χ3v) is 5.23. The molecule has 0 atom stereocenters. The minimum atomic E-state index is -0.671. The van der Waals surface area contributed by atoms with Crippen LogP contribution in [0.1, 0.15) is 42.4 Å². The lowest BCUT2D eigenvalue weighted by Crippen LogP contribution is -2.33. The number of hydrogen-bond acceptors (Lipinski definition) is 4. The summed E-state index contributed by atoms with van der Waals surface area (Å²) in [5, 5.41) is 10.6. The maximum atomic E-state index is 12.4. The Hall–Kier alpha value is -3.67. The van der Waals surface area contributed by atoms with Gasteiger partial charge in [0.2, 0.25) is 5.88 Å². The number of allylic oxidation sites excluding steroid dienone is 1. The number of aromatic amines is 1. The fourth-order valence-electron chi connectivity index (χ4n) is 3.71. The second kappa shape index (κ2) is 10.4. The number of nitrogens with zero attached hydrogens (tertiary/aromatic N) is 2. The zero-order valence-electron chi connectivity index (χ0n) is 17.6. The molecule has 3 rings (SSSR count). The summed E-state index contributed by atoms with van der Waals surface area (Å²) in [4.78, 5) is 31.3. The second-order valence-electron chi connectivity index (χ2n) is 7.20. The van der Waals surface area contributed by atoms with E-state index in [1.54, 1.807) is 0 Å². The van der Waals surface area contributed by atoms with E-state index in [4.69, 9.17) is 0 Å². The first-order valence-corrected chi connectivity index (χ1v) is 10.4. The van der Waals surface area contributed by atoms with Gasteiger partial charge in [-0.3, -0.25) is 19.3 Å². The van der Waals surface area contributed by atoms with Crippen molar-refractivity contribution in [2.24, 2.45) is 4.99 Å². The molecule has 0 spiro atoms. The highest BCUT2D eigenvalue weighted by molar-refractivity contribution is 6.01. The molecule has 0 aliphatic carbocycles. The van der Waals surface area contributed by atoms with Gasteiger partial charge in [0.05, 0.1) is 5.71 Å². The first kappa shape index (κ1) is 22.0. The topological polar surface area (TPSA) is 87.4 Å². The SMILES string of the molecule is C=CCn1c(O)c(C(CC)=NCCC(c2ccccc2)c2ccccc2)c(=O)[nH]c1=O. The van der Waals surface area contributed by atoms with Crippen LogP contribution in [0.5, 0.6) is 5.88 Å². The number of aromatic hydroxyl groups is 1. The Balaban J connectivity index is 1.92. The summed E-state index contributed by atoms with van der Waals surface area (Å²) in [5.41, 5.74) is 1.60. The van der Waals surface area contributed by atoms with Crippen molar-refractivity contribution in [2.45, 2.75) is 32.2 Å². The van der Waals surface area contributed by atoms with E-state index in [-0.39, 0.29) is 23.9 Å². The average Bonchev–Trinajstić information content (AvgIpc) is 2.79. The van der Waals surface area contributed by atoms with Gasteiger partial charge in [0.15, 0.2) is 0 Å². The Labute approximate surface area is 181 Å². The van der Waals surface area contributed by atoms with E-state index in [9.17, 15) is 14.7 Å². The van der Waals surface area contributed by atoms with E-state index in [0.717, 1.165) is 11.0 Å². The molecule has 1 aromatic heterocycles. The molecule has 0 aliphatic rings. The van der Waals surface area contributed by atoms with E-state index in [0.29, 0.717) is 18.7 Å². The molecule has 6 heteroatoms. The van der Waals surface area contributed by atoms with Crippen LogP contribution in [0.3, 0.4) is 0 Å². The van der Waals surface area contributed by atoms with Crippen LogP contribution in [0.2, 0.25) is 0 Å². The number of rotatable bonds is 9. The lowest BCUT2D eigenvalue weighted by Gasteiger charge is -2.17. The van der Waals surface area contributed by atoms with Crippen LogP contribution in [-0.2, 0) is 6.54 Å². The molecule has 0 saturated heterocycles. The van der Waals surface area contributed by atoms with Gasteiger partial charge in [-0.1, -0.05) is 73.7 Å². The number of aromatic nitrogens is 2. The van der Waals surface area contributed by atoms with Crippen molar-refractivity contribution in [1.29, 1.82) is 0 Å². The first-order chi connectivity index (χ1) is 15.1. The number of aliphatic imine (C=N–C) groups is 1. The fraction of sp³-hybridized carbons (Fsp3) is 0.240. The summed E-state index contributed by atoms with van der Waals surface area (Å²) in [6.45, 7) is 6.02. The van der Waals surface area contributed by atoms with E-state index < -0.39 is 11.2 Å². The lowest BCUT2D eigenvalue weighted by atomic mass is 9.88. The van der Waals surface area contributed by atoms with Gasteiger partial charge in [-0.05, 0) is 24.0 Å². The smallest absolute Gasteiger partial charge is 0.331 e. The molecule has 0 aliphatic heterocycles. The molecule has 0 bridgehead atoms. The first-order valence-electron chi connectivity index (χ1n) is 10.4. The number of benzene rings is 2. The Morgan fingerprint density at radius 1 is 1.10 bits per heavy atom. The van der Waals surface area contributed by atoms with Crippen molar-refractivity contribution in [2.75, 3.05) is 6.54 Å². The van der Waals surface area contributed by atoms with Gasteiger partial charge in [0.1, 0.15) is 5.56 Å². The summed E-state index contributed by atoms with van der Waals surface area (Å²) in [6, 6.07) is 20.5. The molecule has 2 N–H and O–H groups in total. The Kier molecular flexibility index (Phi) is 7.38. The van der Waals surface area contributed by atoms with Crippen LogP contribution in [0.25, 0.3) is 0 Å². The van der Waals surface area contributed by atoms with E-state index in [1.165, 1.54) is 17.2 Å². The summed E-state index contributed by atoms with van der Waals surface area (Å²) < 4.78 is 1.08. The average molecular weight is 418 g/mol. The molecule has 3 aromatic rings. The fourth-order valence-corrected chi connectivity index (χ4v) is 3.71. The van der Waals surface area contributed by atoms with Crippen LogP contribution in [0.4, 0.5) is 0 Å². The largest absolute Gasteiger partial charge is 0.494 e. The second-order valence-corrected chi connectivity index (χ2v) is 7.20. The van der Waals surface area contributed by atoms with Crippen molar-refractivity contribution in [3.05, 3.63) is 111 Å². The van der Waals surface area contributed by atoms with Gasteiger partial charge in [0.25, 0.3) is 5.56 Å². The summed E-state index contributed by atoms with van der Waals surface area (Å²) in [6.07, 6.45) is 2.67. The highest BCUT2D eigenvalue weighted by Crippen LogP contribution is 2.28. The quantitative estimate of drug-likeness (QED) is 0.409. The van der Waals surface area contributed by atoms with Gasteiger partial charge in [-0.25, -0.2) is 4.79 Å². The standard InChI is InChI=1S/C25H27N3O3/c1-3-17-28-24(30)22(23(29)27-25(28)31)21(4-2)26-16-15-20(18-11-7-5-8-12-18)19-13-9-6-10-14-19/h3,5-14,20,30H,1,4,15-17H2,2H3,(H,27,29,31). The van der Waals surface area contributed by atoms with Crippen LogP contribution in [0.15, 0.2) is 87.9 Å².